The summed E-state index contributed by atoms with van der Waals surface area (Å²) in [5.74, 6) is 0.424. The van der Waals surface area contributed by atoms with Gasteiger partial charge in [0.2, 0.25) is 5.91 Å². The molecule has 1 amide bonds. The first-order valence-corrected chi connectivity index (χ1v) is 12.2. The normalized spacial score (nSPS) is 27.1. The van der Waals surface area contributed by atoms with Crippen LogP contribution in [0, 0.1) is 5.41 Å². The summed E-state index contributed by atoms with van der Waals surface area (Å²) in [5.41, 5.74) is 1.85. The van der Waals surface area contributed by atoms with Gasteiger partial charge in [-0.2, -0.15) is 0 Å². The molecule has 3 fully saturated rings. The van der Waals surface area contributed by atoms with E-state index in [1.54, 1.807) is 25.3 Å². The zero-order valence-electron chi connectivity index (χ0n) is 20.0. The molecule has 0 unspecified atom stereocenters. The maximum absolute atomic E-state index is 13.6. The monoisotopic (exact) mass is 462 g/mol. The van der Waals surface area contributed by atoms with Gasteiger partial charge in [0.1, 0.15) is 5.60 Å². The molecule has 3 atom stereocenters. The lowest BCUT2D eigenvalue weighted by atomic mass is 9.96. The number of anilines is 2. The van der Waals surface area contributed by atoms with E-state index in [9.17, 15) is 15.0 Å². The Bertz CT molecular complexity index is 1080. The lowest BCUT2D eigenvalue weighted by Gasteiger charge is -2.35. The van der Waals surface area contributed by atoms with Gasteiger partial charge < -0.3 is 24.9 Å². The number of aliphatic hydroxyl groups excluding tert-OH is 1. The van der Waals surface area contributed by atoms with Crippen molar-refractivity contribution in [2.75, 3.05) is 56.2 Å². The van der Waals surface area contributed by atoms with Gasteiger partial charge >= 0.3 is 0 Å². The van der Waals surface area contributed by atoms with Gasteiger partial charge in [0.05, 0.1) is 29.6 Å². The number of hydrogen-bond donors (Lipinski definition) is 2. The summed E-state index contributed by atoms with van der Waals surface area (Å²) in [6.45, 7) is 6.14. The number of amides is 1. The molecule has 0 radical (unpaired) electrons. The van der Waals surface area contributed by atoms with Gasteiger partial charge in [0.25, 0.3) is 0 Å². The van der Waals surface area contributed by atoms with Crippen molar-refractivity contribution < 1.29 is 15.0 Å². The Morgan fingerprint density at radius 3 is 2.59 bits per heavy atom. The fourth-order valence-electron chi connectivity index (χ4n) is 5.67. The van der Waals surface area contributed by atoms with Crippen LogP contribution < -0.4 is 9.80 Å². The van der Waals surface area contributed by atoms with Crippen molar-refractivity contribution in [2.45, 2.75) is 31.3 Å². The molecule has 0 bridgehead atoms. The highest BCUT2D eigenvalue weighted by Gasteiger charge is 2.65. The third kappa shape index (κ3) is 3.82. The van der Waals surface area contributed by atoms with Crippen LogP contribution in [0.1, 0.15) is 36.9 Å². The third-order valence-electron chi connectivity index (χ3n) is 7.87. The van der Waals surface area contributed by atoms with Crippen molar-refractivity contribution in [1.82, 2.24) is 9.88 Å². The molecule has 1 aromatic carbocycles. The Kier molecular flexibility index (Phi) is 5.96. The summed E-state index contributed by atoms with van der Waals surface area (Å²) in [5, 5.41) is 20.2. The van der Waals surface area contributed by atoms with Crippen LogP contribution in [0.25, 0.3) is 0 Å². The Morgan fingerprint density at radius 2 is 1.91 bits per heavy atom. The molecular formula is C27H34N4O3. The first-order valence-electron chi connectivity index (χ1n) is 12.2. The molecule has 7 heteroatoms. The van der Waals surface area contributed by atoms with Gasteiger partial charge in [-0.25, -0.2) is 0 Å². The molecule has 2 aliphatic heterocycles. The number of benzene rings is 1. The minimum absolute atomic E-state index is 0.172. The van der Waals surface area contributed by atoms with E-state index in [0.717, 1.165) is 44.7 Å². The molecule has 3 aliphatic rings. The SMILES string of the molecule is C/C=C/[C@@](O)(CO)c1ccc(N2CC[C@@]3(C[C@@H]3c3ccccc3N3CCN(C)CC3)C2=O)cn1. The van der Waals surface area contributed by atoms with E-state index >= 15 is 0 Å². The highest BCUT2D eigenvalue weighted by molar-refractivity contribution is 6.03. The largest absolute Gasteiger partial charge is 0.393 e. The minimum atomic E-state index is -1.52. The minimum Gasteiger partial charge on any atom is -0.393 e. The maximum atomic E-state index is 13.6. The maximum Gasteiger partial charge on any atom is 0.233 e. The Hall–Kier alpha value is -2.74. The molecule has 180 valence electrons. The van der Waals surface area contributed by atoms with Crippen LogP contribution in [0.3, 0.4) is 0 Å². The average molecular weight is 463 g/mol. The highest BCUT2D eigenvalue weighted by Crippen LogP contribution is 2.66. The number of rotatable bonds is 6. The van der Waals surface area contributed by atoms with E-state index in [4.69, 9.17) is 0 Å². The average Bonchev–Trinajstić information content (AvgIpc) is 3.51. The molecule has 1 aliphatic carbocycles. The molecule has 3 heterocycles. The smallest absolute Gasteiger partial charge is 0.233 e. The van der Waals surface area contributed by atoms with Gasteiger partial charge in [-0.1, -0.05) is 24.3 Å². The number of piperazine rings is 1. The number of hydrogen-bond acceptors (Lipinski definition) is 6. The van der Waals surface area contributed by atoms with Crippen LogP contribution in [0.4, 0.5) is 11.4 Å². The molecule has 2 saturated heterocycles. The summed E-state index contributed by atoms with van der Waals surface area (Å²) in [7, 11) is 2.16. The van der Waals surface area contributed by atoms with E-state index in [-0.39, 0.29) is 17.2 Å². The lowest BCUT2D eigenvalue weighted by molar-refractivity contribution is -0.121. The third-order valence-corrected chi connectivity index (χ3v) is 7.87. The van der Waals surface area contributed by atoms with Gasteiger partial charge in [-0.15, -0.1) is 0 Å². The van der Waals surface area contributed by atoms with Gasteiger partial charge in [0, 0.05) is 44.3 Å². The second kappa shape index (κ2) is 8.80. The summed E-state index contributed by atoms with van der Waals surface area (Å²) >= 11 is 0. The zero-order valence-corrected chi connectivity index (χ0v) is 20.0. The van der Waals surface area contributed by atoms with Gasteiger partial charge in [0.15, 0.2) is 0 Å². The molecule has 1 aromatic heterocycles. The van der Waals surface area contributed by atoms with Crippen molar-refractivity contribution in [3.63, 3.8) is 0 Å². The Labute approximate surface area is 201 Å². The van der Waals surface area contributed by atoms with Crippen molar-refractivity contribution >= 4 is 17.3 Å². The van der Waals surface area contributed by atoms with Crippen LogP contribution >= 0.6 is 0 Å². The predicted molar refractivity (Wildman–Crippen MR) is 133 cm³/mol. The van der Waals surface area contributed by atoms with Crippen molar-refractivity contribution in [3.05, 3.63) is 66.0 Å². The summed E-state index contributed by atoms with van der Waals surface area (Å²) in [4.78, 5) is 24.7. The molecule has 1 spiro atoms. The van der Waals surface area contributed by atoms with Crippen LogP contribution in [-0.2, 0) is 10.4 Å². The van der Waals surface area contributed by atoms with Crippen molar-refractivity contribution in [2.24, 2.45) is 5.41 Å². The molecule has 7 nitrogen and oxygen atoms in total. The topological polar surface area (TPSA) is 80.1 Å². The van der Waals surface area contributed by atoms with E-state index in [1.165, 1.54) is 17.3 Å². The van der Waals surface area contributed by atoms with Crippen LogP contribution in [0.5, 0.6) is 0 Å². The summed E-state index contributed by atoms with van der Waals surface area (Å²) in [6.07, 6.45) is 6.58. The molecule has 2 aromatic rings. The number of aromatic nitrogens is 1. The fourth-order valence-corrected chi connectivity index (χ4v) is 5.67. The first kappa shape index (κ1) is 23.0. The van der Waals surface area contributed by atoms with Gasteiger partial charge in [-0.05, 0) is 56.7 Å². The molecule has 5 rings (SSSR count). The van der Waals surface area contributed by atoms with E-state index in [2.05, 4.69) is 46.1 Å². The second-order valence-corrected chi connectivity index (χ2v) is 9.95. The van der Waals surface area contributed by atoms with Crippen LogP contribution in [-0.4, -0.2) is 72.4 Å². The molecule has 1 saturated carbocycles. The number of likely N-dealkylation sites (N-methyl/N-ethyl adjacent to an activating group) is 1. The predicted octanol–water partition coefficient (Wildman–Crippen LogP) is 2.50. The Balaban J connectivity index is 1.34. The second-order valence-electron chi connectivity index (χ2n) is 9.95. The summed E-state index contributed by atoms with van der Waals surface area (Å²) < 4.78 is 0. The number of nitrogens with zero attached hydrogens (tertiary/aromatic N) is 4. The van der Waals surface area contributed by atoms with Crippen molar-refractivity contribution in [1.29, 1.82) is 0 Å². The lowest BCUT2D eigenvalue weighted by Crippen LogP contribution is -2.44. The van der Waals surface area contributed by atoms with E-state index < -0.39 is 12.2 Å². The number of carbonyl (C=O) groups excluding carboxylic acids is 1. The fraction of sp³-hybridized carbons (Fsp3) is 0.481. The zero-order chi connectivity index (χ0) is 23.9. The Morgan fingerprint density at radius 1 is 1.15 bits per heavy atom. The number of para-hydroxylation sites is 1. The quantitative estimate of drug-likeness (QED) is 0.642. The van der Waals surface area contributed by atoms with Crippen LogP contribution in [0.15, 0.2) is 54.7 Å². The molecule has 34 heavy (non-hydrogen) atoms. The highest BCUT2D eigenvalue weighted by atomic mass is 16.3. The molecule has 2 N–H and O–H groups in total. The van der Waals surface area contributed by atoms with Crippen LogP contribution in [0.2, 0.25) is 0 Å². The molecular weight excluding hydrogens is 428 g/mol. The van der Waals surface area contributed by atoms with E-state index in [1.807, 2.05) is 11.0 Å². The number of carbonyl (C=O) groups is 1. The van der Waals surface area contributed by atoms with Crippen molar-refractivity contribution in [3.8, 4) is 0 Å². The van der Waals surface area contributed by atoms with Gasteiger partial charge in [-0.3, -0.25) is 9.78 Å². The number of aliphatic hydroxyl groups is 2. The standard InChI is InChI=1S/C27H34N4O3/c1-3-10-27(34,19-32)24-9-8-20(18-28-24)31-12-11-26(25(31)33)17-22(26)21-6-4-5-7-23(21)30-15-13-29(2)14-16-30/h3-10,18,22,32,34H,11-17,19H2,1-2H3/b10-3+/t22-,26+,27-/m1/s1. The van der Waals surface area contributed by atoms with E-state index in [0.29, 0.717) is 12.2 Å². The summed E-state index contributed by atoms with van der Waals surface area (Å²) in [6, 6.07) is 12.1. The number of pyridine rings is 1. The number of allylic oxidation sites excluding steroid dienone is 1. The first-order chi connectivity index (χ1) is 16.4.